The molecule has 0 amide bonds. The van der Waals surface area contributed by atoms with Crippen LogP contribution in [0.3, 0.4) is 0 Å². The quantitative estimate of drug-likeness (QED) is 0.467. The lowest BCUT2D eigenvalue weighted by molar-refractivity contribution is 0.355. The van der Waals surface area contributed by atoms with Crippen molar-refractivity contribution in [2.75, 3.05) is 13.1 Å². The zero-order valence-corrected chi connectivity index (χ0v) is 9.27. The second-order valence-corrected chi connectivity index (χ2v) is 3.96. The number of rotatable bonds is 8. The van der Waals surface area contributed by atoms with E-state index in [2.05, 4.69) is 12.7 Å². The fraction of sp³-hybridized carbons (Fsp3) is 0.667. The predicted molar refractivity (Wildman–Crippen MR) is 63.4 cm³/mol. The first kappa shape index (κ1) is 12.4. The third kappa shape index (κ3) is 4.60. The van der Waals surface area contributed by atoms with E-state index in [-0.39, 0.29) is 0 Å². The van der Waals surface area contributed by atoms with Crippen LogP contribution in [0, 0.1) is 5.92 Å². The number of hydrogen-bond acceptors (Lipinski definition) is 3. The normalized spacial score (nSPS) is 26.8. The van der Waals surface area contributed by atoms with Gasteiger partial charge < -0.3 is 16.2 Å². The van der Waals surface area contributed by atoms with Gasteiger partial charge in [-0.15, -0.1) is 6.58 Å². The van der Waals surface area contributed by atoms with Crippen molar-refractivity contribution in [1.29, 1.82) is 0 Å². The SMILES string of the molecule is C=CC(C/C=C/CN)CCC1OC1CN. The molecule has 0 radical (unpaired) electrons. The van der Waals surface area contributed by atoms with Gasteiger partial charge in [0.25, 0.3) is 0 Å². The van der Waals surface area contributed by atoms with Crippen molar-refractivity contribution in [2.45, 2.75) is 31.5 Å². The van der Waals surface area contributed by atoms with Gasteiger partial charge in [-0.05, 0) is 25.2 Å². The molecule has 0 aliphatic carbocycles. The zero-order chi connectivity index (χ0) is 11.1. The highest BCUT2D eigenvalue weighted by Gasteiger charge is 2.36. The van der Waals surface area contributed by atoms with Gasteiger partial charge >= 0.3 is 0 Å². The van der Waals surface area contributed by atoms with E-state index in [1.807, 2.05) is 12.2 Å². The van der Waals surface area contributed by atoms with Crippen LogP contribution in [0.5, 0.6) is 0 Å². The Morgan fingerprint density at radius 3 is 2.60 bits per heavy atom. The summed E-state index contributed by atoms with van der Waals surface area (Å²) in [7, 11) is 0. The van der Waals surface area contributed by atoms with Crippen molar-refractivity contribution >= 4 is 0 Å². The molecule has 4 N–H and O–H groups in total. The Bertz CT molecular complexity index is 216. The minimum Gasteiger partial charge on any atom is -0.368 e. The molecule has 1 rings (SSSR count). The maximum Gasteiger partial charge on any atom is 0.0963 e. The van der Waals surface area contributed by atoms with Gasteiger partial charge in [0.05, 0.1) is 12.2 Å². The van der Waals surface area contributed by atoms with E-state index < -0.39 is 0 Å². The van der Waals surface area contributed by atoms with Crippen LogP contribution in [0.1, 0.15) is 19.3 Å². The average molecular weight is 210 g/mol. The van der Waals surface area contributed by atoms with Crippen molar-refractivity contribution in [1.82, 2.24) is 0 Å². The van der Waals surface area contributed by atoms with Crippen LogP contribution >= 0.6 is 0 Å². The maximum absolute atomic E-state index is 5.49. The van der Waals surface area contributed by atoms with Gasteiger partial charge in [0, 0.05) is 13.1 Å². The number of epoxide rings is 1. The van der Waals surface area contributed by atoms with E-state index in [9.17, 15) is 0 Å². The first-order chi connectivity index (χ1) is 7.31. The Balaban J connectivity index is 2.11. The van der Waals surface area contributed by atoms with Gasteiger partial charge in [0.15, 0.2) is 0 Å². The van der Waals surface area contributed by atoms with Gasteiger partial charge in [0.2, 0.25) is 0 Å². The number of ether oxygens (including phenoxy) is 1. The highest BCUT2D eigenvalue weighted by atomic mass is 16.6. The monoisotopic (exact) mass is 210 g/mol. The molecule has 0 spiro atoms. The van der Waals surface area contributed by atoms with Crippen LogP contribution in [0.2, 0.25) is 0 Å². The Hall–Kier alpha value is -0.640. The van der Waals surface area contributed by atoms with Crippen LogP contribution in [-0.4, -0.2) is 25.3 Å². The van der Waals surface area contributed by atoms with Gasteiger partial charge in [-0.25, -0.2) is 0 Å². The van der Waals surface area contributed by atoms with Gasteiger partial charge in [0.1, 0.15) is 0 Å². The molecule has 1 heterocycles. The van der Waals surface area contributed by atoms with E-state index in [1.54, 1.807) is 0 Å². The summed E-state index contributed by atoms with van der Waals surface area (Å²) in [6.07, 6.45) is 10.1. The smallest absolute Gasteiger partial charge is 0.0963 e. The molecule has 0 aromatic heterocycles. The molecule has 1 aliphatic heterocycles. The summed E-state index contributed by atoms with van der Waals surface area (Å²) >= 11 is 0. The van der Waals surface area contributed by atoms with E-state index in [1.165, 1.54) is 0 Å². The third-order valence-electron chi connectivity index (χ3n) is 2.82. The predicted octanol–water partition coefficient (Wildman–Crippen LogP) is 1.20. The van der Waals surface area contributed by atoms with E-state index >= 15 is 0 Å². The highest BCUT2D eigenvalue weighted by Crippen LogP contribution is 2.28. The second-order valence-electron chi connectivity index (χ2n) is 3.96. The fourth-order valence-electron chi connectivity index (χ4n) is 1.72. The molecule has 86 valence electrons. The van der Waals surface area contributed by atoms with Crippen LogP contribution < -0.4 is 11.5 Å². The summed E-state index contributed by atoms with van der Waals surface area (Å²) in [5, 5.41) is 0. The third-order valence-corrected chi connectivity index (χ3v) is 2.82. The van der Waals surface area contributed by atoms with Crippen molar-refractivity contribution in [3.63, 3.8) is 0 Å². The van der Waals surface area contributed by atoms with Crippen LogP contribution in [0.15, 0.2) is 24.8 Å². The first-order valence-corrected chi connectivity index (χ1v) is 5.65. The molecule has 3 unspecified atom stereocenters. The van der Waals surface area contributed by atoms with E-state index in [0.717, 1.165) is 19.3 Å². The molecule has 1 fully saturated rings. The van der Waals surface area contributed by atoms with Crippen molar-refractivity contribution in [3.8, 4) is 0 Å². The van der Waals surface area contributed by atoms with Crippen LogP contribution in [0.25, 0.3) is 0 Å². The Labute approximate surface area is 92.2 Å². The molecular formula is C12H22N2O. The summed E-state index contributed by atoms with van der Waals surface area (Å²) in [5.74, 6) is 0.537. The minimum absolute atomic E-state index is 0.315. The van der Waals surface area contributed by atoms with Gasteiger partial charge in [-0.1, -0.05) is 18.2 Å². The topological polar surface area (TPSA) is 64.6 Å². The summed E-state index contributed by atoms with van der Waals surface area (Å²) in [6, 6.07) is 0. The molecule has 0 saturated carbocycles. The molecule has 3 atom stereocenters. The Morgan fingerprint density at radius 2 is 2.07 bits per heavy atom. The Morgan fingerprint density at radius 1 is 1.27 bits per heavy atom. The first-order valence-electron chi connectivity index (χ1n) is 5.65. The molecule has 0 aromatic rings. The summed E-state index contributed by atoms with van der Waals surface area (Å²) in [4.78, 5) is 0. The fourth-order valence-corrected chi connectivity index (χ4v) is 1.72. The summed E-state index contributed by atoms with van der Waals surface area (Å²) in [5.41, 5.74) is 10.9. The molecule has 15 heavy (non-hydrogen) atoms. The maximum atomic E-state index is 5.49. The molecule has 3 nitrogen and oxygen atoms in total. The van der Waals surface area contributed by atoms with Crippen molar-refractivity contribution in [2.24, 2.45) is 17.4 Å². The summed E-state index contributed by atoms with van der Waals surface area (Å²) in [6.45, 7) is 5.11. The van der Waals surface area contributed by atoms with Crippen LogP contribution in [0.4, 0.5) is 0 Å². The van der Waals surface area contributed by atoms with Gasteiger partial charge in [-0.2, -0.15) is 0 Å². The average Bonchev–Trinajstić information content (AvgIpc) is 3.02. The second kappa shape index (κ2) is 6.77. The Kier molecular flexibility index (Phi) is 5.61. The standard InChI is InChI=1S/C12H22N2O/c1-2-10(5-3-4-8-13)6-7-11-12(9-14)15-11/h2-4,10-12H,1,5-9,13-14H2/b4-3+. The zero-order valence-electron chi connectivity index (χ0n) is 9.27. The molecule has 3 heteroatoms. The molecule has 1 aliphatic rings. The molecule has 0 bridgehead atoms. The lowest BCUT2D eigenvalue weighted by Crippen LogP contribution is -2.10. The largest absolute Gasteiger partial charge is 0.368 e. The molecule has 1 saturated heterocycles. The number of allylic oxidation sites excluding steroid dienone is 2. The summed E-state index contributed by atoms with van der Waals surface area (Å²) < 4.78 is 5.39. The molecular weight excluding hydrogens is 188 g/mol. The van der Waals surface area contributed by atoms with E-state index in [0.29, 0.717) is 31.2 Å². The van der Waals surface area contributed by atoms with Crippen LogP contribution in [-0.2, 0) is 4.74 Å². The van der Waals surface area contributed by atoms with Crippen molar-refractivity contribution < 1.29 is 4.74 Å². The minimum atomic E-state index is 0.315. The lowest BCUT2D eigenvalue weighted by atomic mass is 9.97. The highest BCUT2D eigenvalue weighted by molar-refractivity contribution is 4.92. The molecule has 0 aromatic carbocycles. The van der Waals surface area contributed by atoms with E-state index in [4.69, 9.17) is 16.2 Å². The number of hydrogen-bond donors (Lipinski definition) is 2. The number of nitrogens with two attached hydrogens (primary N) is 2. The van der Waals surface area contributed by atoms with Gasteiger partial charge in [-0.3, -0.25) is 0 Å². The lowest BCUT2D eigenvalue weighted by Gasteiger charge is -2.08. The van der Waals surface area contributed by atoms with Crippen molar-refractivity contribution in [3.05, 3.63) is 24.8 Å².